The molecule has 1 aromatic rings. The van der Waals surface area contributed by atoms with Crippen LogP contribution in [-0.2, 0) is 29.3 Å². The molecule has 0 unspecified atom stereocenters. The molecule has 2 aliphatic rings. The van der Waals surface area contributed by atoms with E-state index in [2.05, 4.69) is 6.58 Å². The lowest BCUT2D eigenvalue weighted by Gasteiger charge is -2.57. The topological polar surface area (TPSA) is 74.2 Å². The number of fused-ring (bicyclic) bond motifs is 1. The van der Waals surface area contributed by atoms with Crippen LogP contribution in [0.15, 0.2) is 48.0 Å². The highest BCUT2D eigenvalue weighted by atomic mass is 16.6. The Kier molecular flexibility index (Phi) is 5.09. The van der Waals surface area contributed by atoms with Crippen molar-refractivity contribution in [2.45, 2.75) is 38.8 Å². The lowest BCUT2D eigenvalue weighted by atomic mass is 9.45. The van der Waals surface area contributed by atoms with Crippen molar-refractivity contribution < 1.29 is 23.8 Å². The molecule has 0 N–H and O–H groups in total. The minimum absolute atomic E-state index is 0.111. The summed E-state index contributed by atoms with van der Waals surface area (Å²) < 4.78 is 16.7. The van der Waals surface area contributed by atoms with Gasteiger partial charge in [-0.2, -0.15) is 0 Å². The summed E-state index contributed by atoms with van der Waals surface area (Å²) in [5.41, 5.74) is -1.28. The van der Waals surface area contributed by atoms with Gasteiger partial charge in [0.2, 0.25) is 5.90 Å². The first-order chi connectivity index (χ1) is 13.0. The monoisotopic (exact) mass is 371 g/mol. The van der Waals surface area contributed by atoms with Gasteiger partial charge in [0.15, 0.2) is 6.10 Å². The second kappa shape index (κ2) is 7.18. The summed E-state index contributed by atoms with van der Waals surface area (Å²) in [6.45, 7) is 9.40. The van der Waals surface area contributed by atoms with E-state index >= 15 is 0 Å². The predicted molar refractivity (Wildman–Crippen MR) is 100 cm³/mol. The number of aliphatic imine (C=N–C) groups is 1. The molecule has 3 rings (SSSR count). The molecule has 27 heavy (non-hydrogen) atoms. The number of nitrogens with zero attached hydrogens (tertiary/aromatic N) is 1. The first kappa shape index (κ1) is 19.1. The fourth-order valence-electron chi connectivity index (χ4n) is 4.44. The second-order valence-electron chi connectivity index (χ2n) is 6.74. The molecule has 1 saturated carbocycles. The minimum Gasteiger partial charge on any atom is -0.479 e. The Hall–Kier alpha value is -2.63. The highest BCUT2D eigenvalue weighted by Crippen LogP contribution is 2.69. The molecule has 0 aromatic heterocycles. The molecule has 4 atom stereocenters. The average Bonchev–Trinajstić information content (AvgIpc) is 2.83. The third-order valence-electron chi connectivity index (χ3n) is 5.43. The van der Waals surface area contributed by atoms with E-state index in [-0.39, 0.29) is 18.4 Å². The number of hydrogen-bond acceptors (Lipinski definition) is 6. The Morgan fingerprint density at radius 2 is 1.96 bits per heavy atom. The number of ether oxygens (including phenoxy) is 3. The highest BCUT2D eigenvalue weighted by Gasteiger charge is 2.79. The van der Waals surface area contributed by atoms with Crippen LogP contribution in [0.1, 0.15) is 32.8 Å². The number of carbonyl (C=O) groups is 2. The molecule has 6 nitrogen and oxygen atoms in total. The van der Waals surface area contributed by atoms with Crippen molar-refractivity contribution in [3.05, 3.63) is 48.6 Å². The van der Waals surface area contributed by atoms with Gasteiger partial charge in [-0.15, -0.1) is 6.58 Å². The SMILES string of the molecule is C=C[C@H]1C[C@]2(C(=O)OCC)[C@@H](OC(C)=O)C(OCC)=N[C@@]12c1ccccc1. The van der Waals surface area contributed by atoms with Gasteiger partial charge in [-0.25, -0.2) is 4.99 Å². The normalized spacial score (nSPS) is 31.1. The van der Waals surface area contributed by atoms with E-state index in [0.717, 1.165) is 5.56 Å². The second-order valence-corrected chi connectivity index (χ2v) is 6.74. The Balaban J connectivity index is 2.24. The Labute approximate surface area is 159 Å². The largest absolute Gasteiger partial charge is 0.479 e. The molecule has 0 bridgehead atoms. The summed E-state index contributed by atoms with van der Waals surface area (Å²) in [6, 6.07) is 9.54. The van der Waals surface area contributed by atoms with Gasteiger partial charge in [0, 0.05) is 12.8 Å². The van der Waals surface area contributed by atoms with E-state index in [9.17, 15) is 9.59 Å². The van der Waals surface area contributed by atoms with Crippen molar-refractivity contribution in [2.24, 2.45) is 16.3 Å². The number of carbonyl (C=O) groups excluding carboxylic acids is 2. The number of hydrogen-bond donors (Lipinski definition) is 0. The van der Waals surface area contributed by atoms with Crippen molar-refractivity contribution in [1.82, 2.24) is 0 Å². The van der Waals surface area contributed by atoms with Gasteiger partial charge in [0.1, 0.15) is 11.0 Å². The molecule has 1 aliphatic heterocycles. The summed E-state index contributed by atoms with van der Waals surface area (Å²) in [5, 5.41) is 0. The van der Waals surface area contributed by atoms with Crippen LogP contribution in [0.4, 0.5) is 0 Å². The summed E-state index contributed by atoms with van der Waals surface area (Å²) in [7, 11) is 0. The molecule has 0 spiro atoms. The maximum Gasteiger partial charge on any atom is 0.319 e. The molecule has 0 radical (unpaired) electrons. The zero-order valence-electron chi connectivity index (χ0n) is 15.9. The summed E-state index contributed by atoms with van der Waals surface area (Å²) >= 11 is 0. The van der Waals surface area contributed by atoms with Crippen LogP contribution in [0.2, 0.25) is 0 Å². The Morgan fingerprint density at radius 1 is 1.26 bits per heavy atom. The fraction of sp³-hybridized carbons (Fsp3) is 0.476. The quantitative estimate of drug-likeness (QED) is 0.568. The van der Waals surface area contributed by atoms with Gasteiger partial charge in [-0.05, 0) is 25.8 Å². The van der Waals surface area contributed by atoms with Crippen molar-refractivity contribution >= 4 is 17.8 Å². The lowest BCUT2D eigenvalue weighted by molar-refractivity contribution is -0.192. The third-order valence-corrected chi connectivity index (χ3v) is 5.43. The van der Waals surface area contributed by atoms with Gasteiger partial charge >= 0.3 is 11.9 Å². The Bertz CT molecular complexity index is 774. The number of benzene rings is 1. The van der Waals surface area contributed by atoms with Crippen LogP contribution in [0.5, 0.6) is 0 Å². The molecule has 0 amide bonds. The molecule has 1 heterocycles. The van der Waals surface area contributed by atoms with Crippen LogP contribution in [-0.4, -0.2) is 37.2 Å². The summed E-state index contributed by atoms with van der Waals surface area (Å²) in [5.74, 6) is -0.784. The standard InChI is InChI=1S/C21H25NO5/c1-5-15-13-20(19(24)26-7-3)17(27-14(4)23)18(25-6-2)22-21(15,20)16-11-9-8-10-12-16/h5,8-12,15,17H,1,6-7,13H2,2-4H3/t15-,17-,20+,21+/m0/s1. The highest BCUT2D eigenvalue weighted by molar-refractivity contribution is 5.98. The first-order valence-electron chi connectivity index (χ1n) is 9.23. The molecule has 6 heteroatoms. The van der Waals surface area contributed by atoms with Crippen molar-refractivity contribution in [3.8, 4) is 0 Å². The van der Waals surface area contributed by atoms with E-state index in [4.69, 9.17) is 19.2 Å². The predicted octanol–water partition coefficient (Wildman–Crippen LogP) is 3.02. The van der Waals surface area contributed by atoms with Gasteiger partial charge in [-0.1, -0.05) is 36.4 Å². The van der Waals surface area contributed by atoms with Gasteiger partial charge in [0.05, 0.1) is 13.2 Å². The maximum absolute atomic E-state index is 13.2. The minimum atomic E-state index is -1.17. The van der Waals surface area contributed by atoms with E-state index in [1.807, 2.05) is 37.3 Å². The molecule has 1 aromatic carbocycles. The summed E-state index contributed by atoms with van der Waals surface area (Å²) in [4.78, 5) is 29.9. The average molecular weight is 371 g/mol. The zero-order chi connectivity index (χ0) is 19.7. The van der Waals surface area contributed by atoms with Crippen LogP contribution in [0.25, 0.3) is 0 Å². The van der Waals surface area contributed by atoms with Gasteiger partial charge in [-0.3, -0.25) is 9.59 Å². The maximum atomic E-state index is 13.2. The van der Waals surface area contributed by atoms with Gasteiger partial charge < -0.3 is 14.2 Å². The number of esters is 2. The number of rotatable bonds is 6. The smallest absolute Gasteiger partial charge is 0.319 e. The summed E-state index contributed by atoms with van der Waals surface area (Å²) in [6.07, 6.45) is 1.29. The third kappa shape index (κ3) is 2.58. The molecule has 0 saturated heterocycles. The van der Waals surface area contributed by atoms with E-state index < -0.39 is 29.0 Å². The van der Waals surface area contributed by atoms with Crippen molar-refractivity contribution in [2.75, 3.05) is 13.2 Å². The first-order valence-corrected chi connectivity index (χ1v) is 9.23. The van der Waals surface area contributed by atoms with Crippen molar-refractivity contribution in [1.29, 1.82) is 0 Å². The van der Waals surface area contributed by atoms with Crippen LogP contribution in [0, 0.1) is 11.3 Å². The van der Waals surface area contributed by atoms with E-state index in [0.29, 0.717) is 13.0 Å². The molecule has 1 aliphatic carbocycles. The van der Waals surface area contributed by atoms with Crippen LogP contribution in [0.3, 0.4) is 0 Å². The molecular weight excluding hydrogens is 346 g/mol. The fourth-order valence-corrected chi connectivity index (χ4v) is 4.44. The van der Waals surface area contributed by atoms with E-state index in [1.165, 1.54) is 6.92 Å². The lowest BCUT2D eigenvalue weighted by Crippen LogP contribution is -2.67. The van der Waals surface area contributed by atoms with Gasteiger partial charge in [0.25, 0.3) is 0 Å². The molecule has 144 valence electrons. The van der Waals surface area contributed by atoms with E-state index in [1.54, 1.807) is 13.0 Å². The van der Waals surface area contributed by atoms with Crippen LogP contribution < -0.4 is 0 Å². The molecular formula is C21H25NO5. The van der Waals surface area contributed by atoms with Crippen LogP contribution >= 0.6 is 0 Å². The Morgan fingerprint density at radius 3 is 2.52 bits per heavy atom. The van der Waals surface area contributed by atoms with Crippen molar-refractivity contribution in [3.63, 3.8) is 0 Å². The molecule has 1 fully saturated rings. The zero-order valence-corrected chi connectivity index (χ0v) is 15.9.